The molecule has 206 valence electrons. The fourth-order valence-corrected chi connectivity index (χ4v) is 7.19. The summed E-state index contributed by atoms with van der Waals surface area (Å²) < 4.78 is 5.28. The number of barbiturate groups is 1. The van der Waals surface area contributed by atoms with Crippen molar-refractivity contribution in [2.75, 3.05) is 40.4 Å². The number of rotatable bonds is 6. The van der Waals surface area contributed by atoms with Crippen LogP contribution in [0.3, 0.4) is 0 Å². The van der Waals surface area contributed by atoms with Crippen molar-refractivity contribution >= 4 is 29.8 Å². The Bertz CT molecular complexity index is 1130. The highest BCUT2D eigenvalue weighted by atomic mass is 16.5. The fraction of sp³-hybridized carbons (Fsp3) is 0.731. The van der Waals surface area contributed by atoms with Crippen LogP contribution in [0.1, 0.15) is 51.4 Å². The summed E-state index contributed by atoms with van der Waals surface area (Å²) in [4.78, 5) is 71.4. The van der Waals surface area contributed by atoms with Crippen LogP contribution in [0.25, 0.3) is 0 Å². The van der Waals surface area contributed by atoms with E-state index in [-0.39, 0.29) is 46.6 Å². The molecule has 0 bridgehead atoms. The second-order valence-electron chi connectivity index (χ2n) is 12.1. The van der Waals surface area contributed by atoms with Crippen molar-refractivity contribution in [3.63, 3.8) is 0 Å². The van der Waals surface area contributed by atoms with Gasteiger partial charge in [-0.3, -0.25) is 29.1 Å². The van der Waals surface area contributed by atoms with Crippen LogP contribution in [0, 0.1) is 17.3 Å². The minimum Gasteiger partial charge on any atom is -0.385 e. The number of likely N-dealkylation sites (N-methyl/N-ethyl adjacent to an activating group) is 1. The number of hydrogen-bond donors (Lipinski definition) is 2. The highest BCUT2D eigenvalue weighted by Crippen LogP contribution is 2.61. The lowest BCUT2D eigenvalue weighted by molar-refractivity contribution is -0.153. The van der Waals surface area contributed by atoms with Gasteiger partial charge in [-0.25, -0.2) is 9.59 Å². The Kier molecular flexibility index (Phi) is 5.75. The zero-order chi connectivity index (χ0) is 27.0. The fourth-order valence-electron chi connectivity index (χ4n) is 7.19. The highest BCUT2D eigenvalue weighted by molar-refractivity contribution is 6.29. The van der Waals surface area contributed by atoms with E-state index in [2.05, 4.69) is 5.32 Å². The third-order valence-corrected chi connectivity index (χ3v) is 9.61. The maximum Gasteiger partial charge on any atom is 0.334 e. The van der Waals surface area contributed by atoms with E-state index >= 15 is 0 Å². The molecule has 0 atom stereocenters. The minimum absolute atomic E-state index is 0.0306. The first kappa shape index (κ1) is 25.1. The van der Waals surface area contributed by atoms with Crippen molar-refractivity contribution in [2.45, 2.75) is 62.9 Å². The molecule has 3 heterocycles. The summed E-state index contributed by atoms with van der Waals surface area (Å²) >= 11 is 0. The van der Waals surface area contributed by atoms with E-state index in [4.69, 9.17) is 10.5 Å². The third kappa shape index (κ3) is 3.63. The summed E-state index contributed by atoms with van der Waals surface area (Å²) in [5, 5.41) is 2.69. The van der Waals surface area contributed by atoms with Crippen LogP contribution in [0.2, 0.25) is 0 Å². The zero-order valence-electron chi connectivity index (χ0n) is 22.0. The molecule has 3 aliphatic carbocycles. The molecule has 0 radical (unpaired) electrons. The Balaban J connectivity index is 1.17. The summed E-state index contributed by atoms with van der Waals surface area (Å²) in [5.74, 6) is -0.909. The molecule has 38 heavy (non-hydrogen) atoms. The number of amides is 7. The predicted molar refractivity (Wildman–Crippen MR) is 133 cm³/mol. The van der Waals surface area contributed by atoms with Crippen molar-refractivity contribution in [2.24, 2.45) is 23.0 Å². The molecular weight excluding hydrogens is 492 g/mol. The Morgan fingerprint density at radius 2 is 1.61 bits per heavy atom. The summed E-state index contributed by atoms with van der Waals surface area (Å²) in [6.45, 7) is 2.04. The molecule has 7 amide bonds. The summed E-state index contributed by atoms with van der Waals surface area (Å²) in [7, 11) is 3.09. The number of imide groups is 3. The number of carbonyl (C=O) groups excluding carboxylic acids is 5. The molecule has 0 aromatic rings. The maximum atomic E-state index is 13.4. The molecule has 2 spiro atoms. The molecule has 12 heteroatoms. The summed E-state index contributed by atoms with van der Waals surface area (Å²) in [5.41, 5.74) is 4.91. The minimum atomic E-state index is -0.796. The lowest BCUT2D eigenvalue weighted by Gasteiger charge is -2.59. The Hall–Kier alpha value is -3.15. The smallest absolute Gasteiger partial charge is 0.334 e. The van der Waals surface area contributed by atoms with Crippen molar-refractivity contribution in [3.8, 4) is 0 Å². The van der Waals surface area contributed by atoms with Crippen molar-refractivity contribution < 1.29 is 28.7 Å². The first-order valence-corrected chi connectivity index (χ1v) is 13.7. The van der Waals surface area contributed by atoms with E-state index in [1.165, 1.54) is 14.7 Å². The van der Waals surface area contributed by atoms with Crippen LogP contribution in [-0.2, 0) is 19.1 Å². The average Bonchev–Trinajstić information content (AvgIpc) is 3.65. The van der Waals surface area contributed by atoms with Crippen LogP contribution in [-0.4, -0.2) is 101 Å². The van der Waals surface area contributed by atoms with Gasteiger partial charge < -0.3 is 20.7 Å². The number of ether oxygens (including phenoxy) is 1. The molecule has 6 aliphatic rings. The quantitative estimate of drug-likeness (QED) is 0.289. The number of carbonyl (C=O) groups is 5. The molecule has 6 fully saturated rings. The van der Waals surface area contributed by atoms with Gasteiger partial charge in [0.05, 0.1) is 13.2 Å². The monoisotopic (exact) mass is 528 g/mol. The first-order chi connectivity index (χ1) is 18.1. The molecular formula is C26H36N6O6. The number of nitrogens with zero attached hydrogens (tertiary/aromatic N) is 4. The van der Waals surface area contributed by atoms with Gasteiger partial charge in [0.15, 0.2) is 0 Å². The van der Waals surface area contributed by atoms with Gasteiger partial charge in [0, 0.05) is 39.1 Å². The second-order valence-corrected chi connectivity index (χ2v) is 12.1. The van der Waals surface area contributed by atoms with E-state index < -0.39 is 23.4 Å². The van der Waals surface area contributed by atoms with Crippen LogP contribution >= 0.6 is 0 Å². The highest BCUT2D eigenvalue weighted by Gasteiger charge is 2.68. The molecule has 6 rings (SSSR count). The average molecular weight is 529 g/mol. The van der Waals surface area contributed by atoms with E-state index in [0.29, 0.717) is 52.0 Å². The van der Waals surface area contributed by atoms with E-state index in [1.54, 1.807) is 19.0 Å². The van der Waals surface area contributed by atoms with Crippen molar-refractivity contribution in [1.82, 2.24) is 24.9 Å². The van der Waals surface area contributed by atoms with Gasteiger partial charge in [-0.05, 0) is 62.7 Å². The lowest BCUT2D eigenvalue weighted by atomic mass is 9.51. The van der Waals surface area contributed by atoms with E-state index in [9.17, 15) is 24.0 Å². The molecule has 0 aromatic carbocycles. The molecule has 0 unspecified atom stereocenters. The topological polar surface area (TPSA) is 146 Å². The normalized spacial score (nSPS) is 35.4. The van der Waals surface area contributed by atoms with Crippen molar-refractivity contribution in [3.05, 3.63) is 11.4 Å². The van der Waals surface area contributed by atoms with Crippen LogP contribution in [0.15, 0.2) is 11.4 Å². The standard InChI is InChI=1S/C26H36N6O6/c1-28-19(27)18-20(33)30(9-15-3-4-15)24(37)32(21(18)34)17-5-7-25(8-6-17)13-26(14-25)22(35)29(2)23(36)31(26)10-16-11-38-12-16/h15-17,28H,3-14,27H2,1-2H3/b19-18+. The molecule has 3 saturated carbocycles. The maximum absolute atomic E-state index is 13.4. The summed E-state index contributed by atoms with van der Waals surface area (Å²) in [6.07, 6.45) is 5.75. The number of hydrogen-bond acceptors (Lipinski definition) is 8. The van der Waals surface area contributed by atoms with Gasteiger partial charge in [-0.15, -0.1) is 0 Å². The van der Waals surface area contributed by atoms with Crippen LogP contribution < -0.4 is 11.1 Å². The number of urea groups is 2. The Labute approximate surface area is 221 Å². The molecule has 12 nitrogen and oxygen atoms in total. The van der Waals surface area contributed by atoms with Gasteiger partial charge in [0.25, 0.3) is 17.7 Å². The van der Waals surface area contributed by atoms with Crippen LogP contribution in [0.4, 0.5) is 9.59 Å². The lowest BCUT2D eigenvalue weighted by Crippen LogP contribution is -2.66. The van der Waals surface area contributed by atoms with Gasteiger partial charge >= 0.3 is 12.1 Å². The number of nitrogens with one attached hydrogen (secondary N) is 1. The Morgan fingerprint density at radius 1 is 0.947 bits per heavy atom. The molecule has 3 saturated heterocycles. The van der Waals surface area contributed by atoms with E-state index in [1.807, 2.05) is 0 Å². The van der Waals surface area contributed by atoms with Gasteiger partial charge in [0.1, 0.15) is 16.9 Å². The molecule has 0 aromatic heterocycles. The summed E-state index contributed by atoms with van der Waals surface area (Å²) in [6, 6.07) is -1.15. The Morgan fingerprint density at radius 3 is 2.16 bits per heavy atom. The van der Waals surface area contributed by atoms with Crippen LogP contribution in [0.5, 0.6) is 0 Å². The second kappa shape index (κ2) is 8.69. The van der Waals surface area contributed by atoms with Gasteiger partial charge in [-0.1, -0.05) is 0 Å². The number of nitrogens with two attached hydrogens (primary N) is 1. The largest absolute Gasteiger partial charge is 0.385 e. The third-order valence-electron chi connectivity index (χ3n) is 9.61. The van der Waals surface area contributed by atoms with E-state index in [0.717, 1.165) is 25.7 Å². The first-order valence-electron chi connectivity index (χ1n) is 13.7. The SMILES string of the molecule is CN/C(N)=C1\C(=O)N(CC2CC2)C(=O)N(C2CCC3(CC2)CC2(C3)C(=O)N(C)C(=O)N2CC2COC2)C1=O. The van der Waals surface area contributed by atoms with Crippen molar-refractivity contribution in [1.29, 1.82) is 0 Å². The van der Waals surface area contributed by atoms with Gasteiger partial charge in [-0.2, -0.15) is 0 Å². The molecule has 3 N–H and O–H groups in total. The molecule has 3 aliphatic heterocycles. The predicted octanol–water partition coefficient (Wildman–Crippen LogP) is 0.579. The van der Waals surface area contributed by atoms with Gasteiger partial charge in [0.2, 0.25) is 0 Å². The zero-order valence-corrected chi connectivity index (χ0v) is 22.0.